The molecule has 6 nitrogen and oxygen atoms in total. The number of nitrogens with zero attached hydrogens (tertiary/aromatic N) is 2. The molecule has 0 saturated heterocycles. The molecule has 20 heavy (non-hydrogen) atoms. The van der Waals surface area contributed by atoms with E-state index >= 15 is 0 Å². The molecular weight excluding hydrogens is 285 g/mol. The number of aliphatic hydroxyl groups is 1. The van der Waals surface area contributed by atoms with Gasteiger partial charge >= 0.3 is 0 Å². The van der Waals surface area contributed by atoms with Gasteiger partial charge in [0.05, 0.1) is 23.7 Å². The van der Waals surface area contributed by atoms with Gasteiger partial charge < -0.3 is 5.11 Å². The zero-order valence-corrected chi connectivity index (χ0v) is 11.1. The standard InChI is InChI=1S/C12H12FN3O3S/c13-10-2-1-9(7-17)12(5-10)20(18,19)16-6-11-3-4-14-8-15-11/h1-5,8,16-17H,6-7H2. The van der Waals surface area contributed by atoms with Crippen LogP contribution >= 0.6 is 0 Å². The van der Waals surface area contributed by atoms with Crippen LogP contribution in [-0.4, -0.2) is 23.5 Å². The minimum Gasteiger partial charge on any atom is -0.392 e. The highest BCUT2D eigenvalue weighted by atomic mass is 32.2. The van der Waals surface area contributed by atoms with E-state index < -0.39 is 22.4 Å². The van der Waals surface area contributed by atoms with Gasteiger partial charge in [-0.3, -0.25) is 0 Å². The molecule has 0 unspecified atom stereocenters. The summed E-state index contributed by atoms with van der Waals surface area (Å²) in [6, 6.07) is 4.75. The lowest BCUT2D eigenvalue weighted by atomic mass is 10.2. The first kappa shape index (κ1) is 14.5. The number of rotatable bonds is 5. The van der Waals surface area contributed by atoms with E-state index in [0.717, 1.165) is 12.1 Å². The van der Waals surface area contributed by atoms with Gasteiger partial charge in [0.25, 0.3) is 0 Å². The summed E-state index contributed by atoms with van der Waals surface area (Å²) in [5.74, 6) is -0.690. The minimum absolute atomic E-state index is 0.0494. The first-order valence-corrected chi connectivity index (χ1v) is 7.15. The van der Waals surface area contributed by atoms with Crippen LogP contribution in [0.25, 0.3) is 0 Å². The van der Waals surface area contributed by atoms with Gasteiger partial charge in [0.2, 0.25) is 10.0 Å². The smallest absolute Gasteiger partial charge is 0.241 e. The Labute approximate surface area is 115 Å². The Morgan fingerprint density at radius 3 is 2.75 bits per heavy atom. The van der Waals surface area contributed by atoms with Crippen LogP contribution in [0.4, 0.5) is 4.39 Å². The molecule has 2 rings (SSSR count). The fourth-order valence-electron chi connectivity index (χ4n) is 1.58. The molecular formula is C12H12FN3O3S. The van der Waals surface area contributed by atoms with Gasteiger partial charge in [-0.15, -0.1) is 0 Å². The van der Waals surface area contributed by atoms with Crippen molar-refractivity contribution in [1.29, 1.82) is 0 Å². The van der Waals surface area contributed by atoms with Crippen LogP contribution in [0.2, 0.25) is 0 Å². The summed E-state index contributed by atoms with van der Waals surface area (Å²) in [4.78, 5) is 7.31. The van der Waals surface area contributed by atoms with Gasteiger partial charge in [-0.05, 0) is 23.8 Å². The Hall–Kier alpha value is -1.90. The Morgan fingerprint density at radius 2 is 2.10 bits per heavy atom. The van der Waals surface area contributed by atoms with Crippen LogP contribution in [0.15, 0.2) is 41.7 Å². The maximum atomic E-state index is 13.2. The molecule has 0 saturated carbocycles. The van der Waals surface area contributed by atoms with Crippen LogP contribution < -0.4 is 4.72 Å². The van der Waals surface area contributed by atoms with Crippen molar-refractivity contribution in [3.63, 3.8) is 0 Å². The Kier molecular flexibility index (Phi) is 4.38. The average Bonchev–Trinajstić information content (AvgIpc) is 2.46. The molecule has 0 bridgehead atoms. The van der Waals surface area contributed by atoms with E-state index in [2.05, 4.69) is 14.7 Å². The highest BCUT2D eigenvalue weighted by Crippen LogP contribution is 2.17. The Morgan fingerprint density at radius 1 is 1.30 bits per heavy atom. The summed E-state index contributed by atoms with van der Waals surface area (Å²) in [6.45, 7) is -0.545. The number of nitrogens with one attached hydrogen (secondary N) is 1. The fourth-order valence-corrected chi connectivity index (χ4v) is 2.82. The van der Waals surface area contributed by atoms with E-state index in [1.807, 2.05) is 0 Å². The maximum absolute atomic E-state index is 13.2. The molecule has 0 amide bonds. The number of halogens is 1. The lowest BCUT2D eigenvalue weighted by Crippen LogP contribution is -2.25. The lowest BCUT2D eigenvalue weighted by molar-refractivity contribution is 0.278. The van der Waals surface area contributed by atoms with Crippen LogP contribution in [0.3, 0.4) is 0 Å². The van der Waals surface area contributed by atoms with Crippen LogP contribution in [0.1, 0.15) is 11.3 Å². The summed E-state index contributed by atoms with van der Waals surface area (Å²) in [5, 5.41) is 9.12. The molecule has 2 aromatic rings. The fraction of sp³-hybridized carbons (Fsp3) is 0.167. The number of hydrogen-bond acceptors (Lipinski definition) is 5. The van der Waals surface area contributed by atoms with E-state index in [1.54, 1.807) is 6.07 Å². The largest absolute Gasteiger partial charge is 0.392 e. The van der Waals surface area contributed by atoms with Crippen molar-refractivity contribution >= 4 is 10.0 Å². The predicted octanol–water partition coefficient (Wildman–Crippen LogP) is 0.586. The zero-order valence-electron chi connectivity index (χ0n) is 10.3. The first-order chi connectivity index (χ1) is 9.53. The molecule has 8 heteroatoms. The number of benzene rings is 1. The normalized spacial score (nSPS) is 11.5. The molecule has 0 spiro atoms. The second-order valence-corrected chi connectivity index (χ2v) is 5.67. The zero-order chi connectivity index (χ0) is 14.6. The number of aromatic nitrogens is 2. The SMILES string of the molecule is O=S(=O)(NCc1ccncn1)c1cc(F)ccc1CO. The molecule has 0 radical (unpaired) electrons. The van der Waals surface area contributed by atoms with Crippen molar-refractivity contribution in [3.05, 3.63) is 53.9 Å². The van der Waals surface area contributed by atoms with Crippen molar-refractivity contribution in [3.8, 4) is 0 Å². The topological polar surface area (TPSA) is 92.2 Å². The van der Waals surface area contributed by atoms with Crippen molar-refractivity contribution in [2.45, 2.75) is 18.0 Å². The van der Waals surface area contributed by atoms with E-state index in [-0.39, 0.29) is 17.0 Å². The molecule has 106 valence electrons. The van der Waals surface area contributed by atoms with Crippen molar-refractivity contribution < 1.29 is 17.9 Å². The van der Waals surface area contributed by atoms with Crippen LogP contribution in [0.5, 0.6) is 0 Å². The molecule has 0 atom stereocenters. The summed E-state index contributed by atoms with van der Waals surface area (Å²) >= 11 is 0. The number of sulfonamides is 1. The quantitative estimate of drug-likeness (QED) is 0.842. The minimum atomic E-state index is -3.93. The Balaban J connectivity index is 2.24. The van der Waals surface area contributed by atoms with Gasteiger partial charge in [0.15, 0.2) is 0 Å². The molecule has 2 N–H and O–H groups in total. The maximum Gasteiger partial charge on any atom is 0.241 e. The van der Waals surface area contributed by atoms with Gasteiger partial charge in [-0.2, -0.15) is 0 Å². The molecule has 0 aliphatic rings. The van der Waals surface area contributed by atoms with Gasteiger partial charge in [-0.25, -0.2) is 27.5 Å². The van der Waals surface area contributed by atoms with Crippen LogP contribution in [0, 0.1) is 5.82 Å². The van der Waals surface area contributed by atoms with Crippen molar-refractivity contribution in [2.24, 2.45) is 0 Å². The van der Waals surface area contributed by atoms with Gasteiger partial charge in [0, 0.05) is 6.20 Å². The lowest BCUT2D eigenvalue weighted by Gasteiger charge is -2.10. The highest BCUT2D eigenvalue weighted by molar-refractivity contribution is 7.89. The number of hydrogen-bond donors (Lipinski definition) is 2. The molecule has 0 aliphatic heterocycles. The summed E-state index contributed by atoms with van der Waals surface area (Å²) in [5.41, 5.74) is 0.604. The Bertz CT molecular complexity index is 692. The van der Waals surface area contributed by atoms with E-state index in [0.29, 0.717) is 5.69 Å². The average molecular weight is 297 g/mol. The first-order valence-electron chi connectivity index (χ1n) is 5.67. The summed E-state index contributed by atoms with van der Waals surface area (Å²) in [7, 11) is -3.93. The van der Waals surface area contributed by atoms with Crippen molar-refractivity contribution in [1.82, 2.24) is 14.7 Å². The van der Waals surface area contributed by atoms with Gasteiger partial charge in [0.1, 0.15) is 12.1 Å². The summed E-state index contributed by atoms with van der Waals surface area (Å²) < 4.78 is 39.7. The third kappa shape index (κ3) is 3.35. The van der Waals surface area contributed by atoms with E-state index in [4.69, 9.17) is 5.11 Å². The second-order valence-electron chi connectivity index (χ2n) is 3.94. The van der Waals surface area contributed by atoms with E-state index in [9.17, 15) is 12.8 Å². The second kappa shape index (κ2) is 6.04. The third-order valence-corrected chi connectivity index (χ3v) is 4.06. The predicted molar refractivity (Wildman–Crippen MR) is 68.4 cm³/mol. The molecule has 0 aliphatic carbocycles. The number of aliphatic hydroxyl groups excluding tert-OH is 1. The van der Waals surface area contributed by atoms with Crippen LogP contribution in [-0.2, 0) is 23.2 Å². The van der Waals surface area contributed by atoms with Crippen molar-refractivity contribution in [2.75, 3.05) is 0 Å². The monoisotopic (exact) mass is 297 g/mol. The molecule has 1 aromatic carbocycles. The summed E-state index contributed by atoms with van der Waals surface area (Å²) in [6.07, 6.45) is 2.78. The molecule has 1 heterocycles. The highest BCUT2D eigenvalue weighted by Gasteiger charge is 2.19. The third-order valence-electron chi connectivity index (χ3n) is 2.58. The molecule has 0 fully saturated rings. The van der Waals surface area contributed by atoms with E-state index in [1.165, 1.54) is 18.6 Å². The molecule has 1 aromatic heterocycles. The van der Waals surface area contributed by atoms with Gasteiger partial charge in [-0.1, -0.05) is 6.07 Å².